The summed E-state index contributed by atoms with van der Waals surface area (Å²) in [7, 11) is 0. The van der Waals surface area contributed by atoms with Gasteiger partial charge in [0.2, 0.25) is 0 Å². The van der Waals surface area contributed by atoms with Crippen LogP contribution in [-0.4, -0.2) is 0 Å². The molecule has 0 aromatic heterocycles. The highest BCUT2D eigenvalue weighted by molar-refractivity contribution is 9.09. The SMILES string of the molecule is CC1=Cc2ccccc2C1Br. The summed E-state index contributed by atoms with van der Waals surface area (Å²) in [5, 5.41) is 0. The highest BCUT2D eigenvalue weighted by Crippen LogP contribution is 2.39. The summed E-state index contributed by atoms with van der Waals surface area (Å²) in [6, 6.07) is 8.48. The molecule has 0 aliphatic heterocycles. The van der Waals surface area contributed by atoms with Crippen molar-refractivity contribution >= 4 is 22.0 Å². The molecular formula is C10H9Br. The van der Waals surface area contributed by atoms with Crippen LogP contribution in [0, 0.1) is 0 Å². The predicted molar refractivity (Wildman–Crippen MR) is 51.8 cm³/mol. The first kappa shape index (κ1) is 7.11. The molecule has 1 unspecified atom stereocenters. The van der Waals surface area contributed by atoms with E-state index >= 15 is 0 Å². The highest BCUT2D eigenvalue weighted by Gasteiger charge is 2.17. The van der Waals surface area contributed by atoms with Gasteiger partial charge in [0, 0.05) is 0 Å². The molecule has 2 rings (SSSR count). The zero-order chi connectivity index (χ0) is 7.84. The van der Waals surface area contributed by atoms with Crippen LogP contribution < -0.4 is 0 Å². The van der Waals surface area contributed by atoms with Crippen molar-refractivity contribution in [1.82, 2.24) is 0 Å². The normalized spacial score (nSPS) is 21.3. The number of fused-ring (bicyclic) bond motifs is 1. The molecule has 0 saturated carbocycles. The number of halogens is 1. The van der Waals surface area contributed by atoms with Crippen molar-refractivity contribution in [2.45, 2.75) is 11.8 Å². The predicted octanol–water partition coefficient (Wildman–Crippen LogP) is 3.54. The van der Waals surface area contributed by atoms with Crippen LogP contribution in [0.4, 0.5) is 0 Å². The first-order chi connectivity index (χ1) is 5.29. The van der Waals surface area contributed by atoms with E-state index in [1.807, 2.05) is 0 Å². The Balaban J connectivity index is 2.58. The Bertz CT molecular complexity index is 312. The minimum atomic E-state index is 0.443. The molecule has 0 fully saturated rings. The molecule has 1 aliphatic carbocycles. The summed E-state index contributed by atoms with van der Waals surface area (Å²) in [4.78, 5) is 0.443. The number of hydrogen-bond acceptors (Lipinski definition) is 0. The van der Waals surface area contributed by atoms with Crippen LogP contribution >= 0.6 is 15.9 Å². The van der Waals surface area contributed by atoms with Crippen molar-refractivity contribution in [2.75, 3.05) is 0 Å². The number of allylic oxidation sites excluding steroid dienone is 1. The molecular weight excluding hydrogens is 200 g/mol. The summed E-state index contributed by atoms with van der Waals surface area (Å²) in [5.74, 6) is 0. The van der Waals surface area contributed by atoms with E-state index in [4.69, 9.17) is 0 Å². The molecule has 0 N–H and O–H groups in total. The molecule has 0 nitrogen and oxygen atoms in total. The second-order valence-corrected chi connectivity index (χ2v) is 3.80. The topological polar surface area (TPSA) is 0 Å². The van der Waals surface area contributed by atoms with E-state index in [2.05, 4.69) is 53.2 Å². The van der Waals surface area contributed by atoms with Crippen LogP contribution in [0.3, 0.4) is 0 Å². The molecule has 56 valence electrons. The van der Waals surface area contributed by atoms with Crippen molar-refractivity contribution in [3.63, 3.8) is 0 Å². The van der Waals surface area contributed by atoms with Crippen molar-refractivity contribution in [3.05, 3.63) is 41.0 Å². The quantitative estimate of drug-likeness (QED) is 0.573. The standard InChI is InChI=1S/C10H9Br/c1-7-6-8-4-2-3-5-9(8)10(7)11/h2-6,10H,1H3. The van der Waals surface area contributed by atoms with Crippen LogP contribution in [0.1, 0.15) is 22.9 Å². The van der Waals surface area contributed by atoms with Crippen LogP contribution in [0.15, 0.2) is 29.8 Å². The van der Waals surface area contributed by atoms with E-state index in [1.165, 1.54) is 16.7 Å². The first-order valence-corrected chi connectivity index (χ1v) is 4.62. The lowest BCUT2D eigenvalue weighted by Crippen LogP contribution is -1.84. The number of rotatable bonds is 0. The minimum absolute atomic E-state index is 0.443. The van der Waals surface area contributed by atoms with Gasteiger partial charge in [-0.2, -0.15) is 0 Å². The summed E-state index contributed by atoms with van der Waals surface area (Å²) in [5.41, 5.74) is 4.14. The van der Waals surface area contributed by atoms with E-state index < -0.39 is 0 Å². The molecule has 11 heavy (non-hydrogen) atoms. The Morgan fingerprint density at radius 3 is 2.73 bits per heavy atom. The monoisotopic (exact) mass is 208 g/mol. The van der Waals surface area contributed by atoms with Crippen LogP contribution in [0.5, 0.6) is 0 Å². The fraction of sp³-hybridized carbons (Fsp3) is 0.200. The Kier molecular flexibility index (Phi) is 1.61. The summed E-state index contributed by atoms with van der Waals surface area (Å²) in [6.07, 6.45) is 2.23. The first-order valence-electron chi connectivity index (χ1n) is 3.70. The molecule has 0 amide bonds. The third kappa shape index (κ3) is 1.04. The van der Waals surface area contributed by atoms with Crippen molar-refractivity contribution < 1.29 is 0 Å². The molecule has 1 aromatic rings. The van der Waals surface area contributed by atoms with Gasteiger partial charge in [0.15, 0.2) is 0 Å². The molecule has 0 saturated heterocycles. The van der Waals surface area contributed by atoms with Crippen LogP contribution in [0.2, 0.25) is 0 Å². The minimum Gasteiger partial charge on any atom is -0.0790 e. The number of benzene rings is 1. The average molecular weight is 209 g/mol. The molecule has 1 heteroatoms. The Morgan fingerprint density at radius 1 is 1.27 bits per heavy atom. The zero-order valence-corrected chi connectivity index (χ0v) is 7.93. The van der Waals surface area contributed by atoms with Gasteiger partial charge in [-0.3, -0.25) is 0 Å². The van der Waals surface area contributed by atoms with Gasteiger partial charge in [0.25, 0.3) is 0 Å². The van der Waals surface area contributed by atoms with Gasteiger partial charge in [-0.05, 0) is 18.1 Å². The lowest BCUT2D eigenvalue weighted by atomic mass is 10.1. The molecule has 1 atom stereocenters. The van der Waals surface area contributed by atoms with Gasteiger partial charge in [0.1, 0.15) is 0 Å². The van der Waals surface area contributed by atoms with Crippen LogP contribution in [-0.2, 0) is 0 Å². The Morgan fingerprint density at radius 2 is 2.00 bits per heavy atom. The highest BCUT2D eigenvalue weighted by atomic mass is 79.9. The number of alkyl halides is 1. The fourth-order valence-corrected chi connectivity index (χ4v) is 1.99. The Hall–Kier alpha value is -0.560. The third-order valence-electron chi connectivity index (χ3n) is 2.05. The summed E-state index contributed by atoms with van der Waals surface area (Å²) >= 11 is 3.63. The summed E-state index contributed by atoms with van der Waals surface area (Å²) < 4.78 is 0. The van der Waals surface area contributed by atoms with Gasteiger partial charge in [0.05, 0.1) is 4.83 Å². The maximum atomic E-state index is 3.63. The molecule has 0 bridgehead atoms. The van der Waals surface area contributed by atoms with E-state index in [1.54, 1.807) is 0 Å². The molecule has 0 heterocycles. The lowest BCUT2D eigenvalue weighted by Gasteiger charge is -2.03. The largest absolute Gasteiger partial charge is 0.0790 e. The van der Waals surface area contributed by atoms with E-state index in [9.17, 15) is 0 Å². The second-order valence-electron chi connectivity index (χ2n) is 2.88. The maximum Gasteiger partial charge on any atom is 0.0610 e. The molecule has 0 radical (unpaired) electrons. The van der Waals surface area contributed by atoms with Crippen molar-refractivity contribution in [1.29, 1.82) is 0 Å². The van der Waals surface area contributed by atoms with Gasteiger partial charge in [-0.1, -0.05) is 51.8 Å². The van der Waals surface area contributed by atoms with Gasteiger partial charge in [-0.15, -0.1) is 0 Å². The third-order valence-corrected chi connectivity index (χ3v) is 3.27. The fourth-order valence-electron chi connectivity index (χ4n) is 1.44. The molecule has 0 spiro atoms. The van der Waals surface area contributed by atoms with Crippen molar-refractivity contribution in [3.8, 4) is 0 Å². The van der Waals surface area contributed by atoms with Gasteiger partial charge in [-0.25, -0.2) is 0 Å². The van der Waals surface area contributed by atoms with Gasteiger partial charge >= 0.3 is 0 Å². The Labute approximate surface area is 75.1 Å². The maximum absolute atomic E-state index is 3.63. The van der Waals surface area contributed by atoms with Crippen molar-refractivity contribution in [2.24, 2.45) is 0 Å². The molecule has 1 aliphatic rings. The summed E-state index contributed by atoms with van der Waals surface area (Å²) in [6.45, 7) is 2.15. The zero-order valence-electron chi connectivity index (χ0n) is 6.34. The van der Waals surface area contributed by atoms with E-state index in [0.29, 0.717) is 4.83 Å². The second kappa shape index (κ2) is 2.49. The smallest absolute Gasteiger partial charge is 0.0610 e. The van der Waals surface area contributed by atoms with E-state index in [-0.39, 0.29) is 0 Å². The molecule has 1 aromatic carbocycles. The van der Waals surface area contributed by atoms with E-state index in [0.717, 1.165) is 0 Å². The average Bonchev–Trinajstić information content (AvgIpc) is 2.30. The van der Waals surface area contributed by atoms with Crippen LogP contribution in [0.25, 0.3) is 6.08 Å². The van der Waals surface area contributed by atoms with Gasteiger partial charge < -0.3 is 0 Å². The number of hydrogen-bond donors (Lipinski definition) is 0. The lowest BCUT2D eigenvalue weighted by molar-refractivity contribution is 1.18.